The maximum Gasteiger partial charge on any atom is 0.0624 e. The minimum atomic E-state index is -0.701. The van der Waals surface area contributed by atoms with Gasteiger partial charge in [-0.05, 0) is 12.3 Å². The molecular weight excluding hydrogens is 88.1 g/mol. The number of hydrogen-bond acceptors (Lipinski definition) is 1. The Morgan fingerprint density at radius 1 is 1.43 bits per heavy atom. The summed E-state index contributed by atoms with van der Waals surface area (Å²) in [6, 6.07) is 0. The summed E-state index contributed by atoms with van der Waals surface area (Å²) in [7, 11) is 0. The van der Waals surface area contributed by atoms with Crippen molar-refractivity contribution in [2.45, 2.75) is 26.9 Å². The minimum absolute atomic E-state index is 0.167. The molecule has 1 N–H and O–H groups in total. The van der Waals surface area contributed by atoms with E-state index in [4.69, 9.17) is 12.0 Å². The van der Waals surface area contributed by atoms with Crippen LogP contribution in [0.2, 0.25) is 0 Å². The molecule has 42 valence electrons. The van der Waals surface area contributed by atoms with Gasteiger partial charge in [-0.3, -0.25) is 0 Å². The van der Waals surface area contributed by atoms with E-state index in [9.17, 15) is 0 Å². The molecule has 0 heterocycles. The summed E-state index contributed by atoms with van der Waals surface area (Å²) < 4.78 is 0. The highest BCUT2D eigenvalue weighted by Crippen LogP contribution is 2.17. The average molecular weight is 100 g/mol. The van der Waals surface area contributed by atoms with Gasteiger partial charge in [0.15, 0.2) is 0 Å². The third-order valence-corrected chi connectivity index (χ3v) is 0.887. The van der Waals surface area contributed by atoms with Crippen LogP contribution >= 0.6 is 0 Å². The SMILES string of the molecule is [CH]C(O)C(C)(C)C. The predicted molar refractivity (Wildman–Crippen MR) is 29.8 cm³/mol. The van der Waals surface area contributed by atoms with E-state index in [1.165, 1.54) is 0 Å². The minimum Gasteiger partial charge on any atom is -0.392 e. The molecule has 0 saturated carbocycles. The van der Waals surface area contributed by atoms with Gasteiger partial charge in [0.2, 0.25) is 0 Å². The number of hydrogen-bond donors (Lipinski definition) is 1. The molecule has 1 heteroatoms. The molecule has 7 heavy (non-hydrogen) atoms. The van der Waals surface area contributed by atoms with Crippen LogP contribution in [0.15, 0.2) is 0 Å². The second-order valence-corrected chi connectivity index (χ2v) is 2.81. The average Bonchev–Trinajstić information content (AvgIpc) is 1.31. The van der Waals surface area contributed by atoms with E-state index in [2.05, 4.69) is 0 Å². The standard InChI is InChI=1S/C6H12O/c1-5(7)6(2,3)4/h1,5,7H,2-4H3. The van der Waals surface area contributed by atoms with E-state index < -0.39 is 6.10 Å². The molecule has 2 radical (unpaired) electrons. The van der Waals surface area contributed by atoms with Crippen LogP contribution in [-0.4, -0.2) is 11.2 Å². The molecule has 0 aliphatic heterocycles. The van der Waals surface area contributed by atoms with Crippen molar-refractivity contribution >= 4 is 0 Å². The van der Waals surface area contributed by atoms with Gasteiger partial charge in [-0.2, -0.15) is 0 Å². The topological polar surface area (TPSA) is 20.2 Å². The van der Waals surface area contributed by atoms with E-state index in [-0.39, 0.29) is 5.41 Å². The van der Waals surface area contributed by atoms with Crippen molar-refractivity contribution in [2.75, 3.05) is 0 Å². The lowest BCUT2D eigenvalue weighted by Gasteiger charge is -2.20. The van der Waals surface area contributed by atoms with Crippen molar-refractivity contribution in [1.82, 2.24) is 0 Å². The third-order valence-electron chi connectivity index (χ3n) is 0.887. The van der Waals surface area contributed by atoms with E-state index in [1.807, 2.05) is 20.8 Å². The van der Waals surface area contributed by atoms with Crippen LogP contribution < -0.4 is 0 Å². The highest BCUT2D eigenvalue weighted by molar-refractivity contribution is 4.73. The Morgan fingerprint density at radius 3 is 1.57 bits per heavy atom. The Morgan fingerprint density at radius 2 is 1.57 bits per heavy atom. The fraction of sp³-hybridized carbons (Fsp3) is 0.833. The summed E-state index contributed by atoms with van der Waals surface area (Å²) >= 11 is 0. The Labute approximate surface area is 45.4 Å². The van der Waals surface area contributed by atoms with Crippen molar-refractivity contribution in [3.8, 4) is 0 Å². The van der Waals surface area contributed by atoms with Crippen LogP contribution in [0.5, 0.6) is 0 Å². The van der Waals surface area contributed by atoms with Crippen molar-refractivity contribution < 1.29 is 5.11 Å². The summed E-state index contributed by atoms with van der Waals surface area (Å²) in [6.45, 7) is 10.8. The molecule has 0 rings (SSSR count). The molecule has 0 aliphatic carbocycles. The van der Waals surface area contributed by atoms with Gasteiger partial charge in [-0.15, -0.1) is 0 Å². The van der Waals surface area contributed by atoms with E-state index >= 15 is 0 Å². The first kappa shape index (κ1) is 6.96. The first-order chi connectivity index (χ1) is 2.94. The molecular formula is C6H12O. The van der Waals surface area contributed by atoms with Crippen LogP contribution in [0.1, 0.15) is 20.8 Å². The molecule has 0 aromatic heterocycles. The van der Waals surface area contributed by atoms with Crippen LogP contribution in [0, 0.1) is 12.3 Å². The zero-order chi connectivity index (χ0) is 6.08. The number of aliphatic hydroxyl groups excluding tert-OH is 1. The van der Waals surface area contributed by atoms with Gasteiger partial charge < -0.3 is 5.11 Å². The van der Waals surface area contributed by atoms with E-state index in [1.54, 1.807) is 0 Å². The van der Waals surface area contributed by atoms with Crippen molar-refractivity contribution in [1.29, 1.82) is 0 Å². The Balaban J connectivity index is 3.54. The summed E-state index contributed by atoms with van der Waals surface area (Å²) in [6.07, 6.45) is -0.701. The van der Waals surface area contributed by atoms with Gasteiger partial charge in [0, 0.05) is 0 Å². The predicted octanol–water partition coefficient (Wildman–Crippen LogP) is 1.10. The molecule has 0 aromatic carbocycles. The number of rotatable bonds is 0. The van der Waals surface area contributed by atoms with Gasteiger partial charge in [-0.25, -0.2) is 0 Å². The first-order valence-corrected chi connectivity index (χ1v) is 2.38. The van der Waals surface area contributed by atoms with Gasteiger partial charge in [0.25, 0.3) is 0 Å². The van der Waals surface area contributed by atoms with Crippen molar-refractivity contribution in [3.05, 3.63) is 6.92 Å². The maximum atomic E-state index is 8.67. The van der Waals surface area contributed by atoms with E-state index in [0.29, 0.717) is 0 Å². The zero-order valence-corrected chi connectivity index (χ0v) is 5.10. The summed E-state index contributed by atoms with van der Waals surface area (Å²) in [4.78, 5) is 0. The molecule has 0 fully saturated rings. The smallest absolute Gasteiger partial charge is 0.0624 e. The molecule has 0 aromatic rings. The van der Waals surface area contributed by atoms with Crippen LogP contribution in [0.4, 0.5) is 0 Å². The molecule has 0 amide bonds. The molecule has 0 saturated heterocycles. The second kappa shape index (κ2) is 1.83. The third kappa shape index (κ3) is 2.63. The van der Waals surface area contributed by atoms with E-state index in [0.717, 1.165) is 0 Å². The molecule has 1 nitrogen and oxygen atoms in total. The monoisotopic (exact) mass is 100 g/mol. The van der Waals surface area contributed by atoms with Gasteiger partial charge in [0.1, 0.15) is 0 Å². The Bertz CT molecular complexity index is 49.7. The summed E-state index contributed by atoms with van der Waals surface area (Å²) in [5, 5.41) is 8.67. The van der Waals surface area contributed by atoms with Gasteiger partial charge in [-0.1, -0.05) is 20.8 Å². The fourth-order valence-corrected chi connectivity index (χ4v) is 0. The molecule has 1 unspecified atom stereocenters. The second-order valence-electron chi connectivity index (χ2n) is 2.81. The lowest BCUT2D eigenvalue weighted by molar-refractivity contribution is 0.103. The Hall–Kier alpha value is -0.0400. The fourth-order valence-electron chi connectivity index (χ4n) is 0. The van der Waals surface area contributed by atoms with Gasteiger partial charge in [0.05, 0.1) is 6.10 Å². The molecule has 0 spiro atoms. The molecule has 0 aliphatic rings. The molecule has 0 bridgehead atoms. The Kier molecular flexibility index (Phi) is 1.82. The van der Waals surface area contributed by atoms with Crippen LogP contribution in [0.3, 0.4) is 0 Å². The summed E-state index contributed by atoms with van der Waals surface area (Å²) in [5.74, 6) is 0. The van der Waals surface area contributed by atoms with Crippen LogP contribution in [-0.2, 0) is 0 Å². The highest BCUT2D eigenvalue weighted by Gasteiger charge is 2.16. The number of aliphatic hydroxyl groups is 1. The normalized spacial score (nSPS) is 16.7. The molecule has 1 atom stereocenters. The maximum absolute atomic E-state index is 8.67. The quantitative estimate of drug-likeness (QED) is 0.483. The summed E-state index contributed by atoms with van der Waals surface area (Å²) in [5.41, 5.74) is -0.167. The zero-order valence-electron chi connectivity index (χ0n) is 5.10. The van der Waals surface area contributed by atoms with Gasteiger partial charge >= 0.3 is 0 Å². The lowest BCUT2D eigenvalue weighted by atomic mass is 9.91. The van der Waals surface area contributed by atoms with Crippen LogP contribution in [0.25, 0.3) is 0 Å². The lowest BCUT2D eigenvalue weighted by Crippen LogP contribution is -2.22. The first-order valence-electron chi connectivity index (χ1n) is 2.38. The van der Waals surface area contributed by atoms with Crippen molar-refractivity contribution in [3.63, 3.8) is 0 Å². The highest BCUT2D eigenvalue weighted by atomic mass is 16.3. The van der Waals surface area contributed by atoms with Crippen molar-refractivity contribution in [2.24, 2.45) is 5.41 Å². The largest absolute Gasteiger partial charge is 0.392 e.